The second-order valence-electron chi connectivity index (χ2n) is 7.61. The van der Waals surface area contributed by atoms with Crippen LogP contribution in [0.15, 0.2) is 65.6 Å². The number of aliphatic hydroxyl groups is 1. The third-order valence-electron chi connectivity index (χ3n) is 5.41. The van der Waals surface area contributed by atoms with Crippen molar-refractivity contribution in [2.45, 2.75) is 19.9 Å². The van der Waals surface area contributed by atoms with Gasteiger partial charge >= 0.3 is 5.91 Å². The van der Waals surface area contributed by atoms with Crippen molar-refractivity contribution in [3.8, 4) is 5.75 Å². The van der Waals surface area contributed by atoms with Gasteiger partial charge in [0, 0.05) is 10.4 Å². The van der Waals surface area contributed by atoms with Crippen molar-refractivity contribution < 1.29 is 19.4 Å². The van der Waals surface area contributed by atoms with E-state index in [9.17, 15) is 14.7 Å². The molecule has 4 aromatic rings. The van der Waals surface area contributed by atoms with Gasteiger partial charge in [0.25, 0.3) is 5.78 Å². The molecule has 6 nitrogen and oxygen atoms in total. The lowest BCUT2D eigenvalue weighted by Gasteiger charge is -2.21. The van der Waals surface area contributed by atoms with Crippen LogP contribution < -0.4 is 9.64 Å². The zero-order chi connectivity index (χ0) is 23.1. The van der Waals surface area contributed by atoms with Crippen LogP contribution in [0, 0.1) is 6.92 Å². The molecule has 8 heteroatoms. The molecule has 0 saturated carbocycles. The Morgan fingerprint density at radius 1 is 1.15 bits per heavy atom. The standard InChI is InChI=1S/C25H20N2O4S2/c1-3-31-16-7-4-6-15(13-16)22(28)20-21(18-8-5-11-32-18)27(24(30)23(20)29)25-26-17-10-9-14(2)12-19(17)33-25/h4-13,21,28H,3H2,1-2H3/b22-20+. The van der Waals surface area contributed by atoms with Gasteiger partial charge in [-0.3, -0.25) is 14.5 Å². The fourth-order valence-electron chi connectivity index (χ4n) is 3.92. The molecule has 1 fully saturated rings. The summed E-state index contributed by atoms with van der Waals surface area (Å²) in [6, 6.07) is 15.7. The first kappa shape index (κ1) is 21.4. The summed E-state index contributed by atoms with van der Waals surface area (Å²) in [5.41, 5.74) is 2.31. The van der Waals surface area contributed by atoms with Crippen LogP contribution in [0.1, 0.15) is 29.0 Å². The maximum atomic E-state index is 13.2. The normalized spacial score (nSPS) is 17.8. The molecule has 1 aliphatic heterocycles. The third-order valence-corrected chi connectivity index (χ3v) is 7.36. The van der Waals surface area contributed by atoms with Crippen LogP contribution in [0.2, 0.25) is 0 Å². The van der Waals surface area contributed by atoms with Crippen LogP contribution in [0.3, 0.4) is 0 Å². The highest BCUT2D eigenvalue weighted by molar-refractivity contribution is 7.22. The summed E-state index contributed by atoms with van der Waals surface area (Å²) in [5, 5.41) is 13.5. The van der Waals surface area contributed by atoms with E-state index in [0.29, 0.717) is 23.1 Å². The highest BCUT2D eigenvalue weighted by Gasteiger charge is 2.48. The van der Waals surface area contributed by atoms with Gasteiger partial charge in [0.2, 0.25) is 0 Å². The number of rotatable bonds is 5. The zero-order valence-corrected chi connectivity index (χ0v) is 19.6. The number of anilines is 1. The molecule has 5 rings (SSSR count). The van der Waals surface area contributed by atoms with Crippen LogP contribution in [0.5, 0.6) is 5.75 Å². The number of nitrogens with zero attached hydrogens (tertiary/aromatic N) is 2. The van der Waals surface area contributed by atoms with Gasteiger partial charge in [0.05, 0.1) is 22.4 Å². The number of carbonyl (C=O) groups is 2. The maximum Gasteiger partial charge on any atom is 0.301 e. The number of Topliss-reactive ketones (excluding diaryl/α,β-unsaturated/α-hetero) is 1. The van der Waals surface area contributed by atoms with Crippen LogP contribution in [0.25, 0.3) is 16.0 Å². The van der Waals surface area contributed by atoms with Crippen molar-refractivity contribution in [2.75, 3.05) is 11.5 Å². The quantitative estimate of drug-likeness (QED) is 0.227. The van der Waals surface area contributed by atoms with E-state index in [1.807, 2.05) is 49.6 Å². The largest absolute Gasteiger partial charge is 0.507 e. The number of aromatic nitrogens is 1. The molecule has 0 radical (unpaired) electrons. The van der Waals surface area contributed by atoms with Crippen molar-refractivity contribution >= 4 is 55.5 Å². The minimum atomic E-state index is -0.762. The molecule has 1 atom stereocenters. The molecule has 1 saturated heterocycles. The summed E-state index contributed by atoms with van der Waals surface area (Å²) < 4.78 is 6.47. The summed E-state index contributed by atoms with van der Waals surface area (Å²) in [6.45, 7) is 4.34. The molecular formula is C25H20N2O4S2. The van der Waals surface area contributed by atoms with E-state index in [0.717, 1.165) is 20.7 Å². The Labute approximate surface area is 198 Å². The predicted molar refractivity (Wildman–Crippen MR) is 131 cm³/mol. The zero-order valence-electron chi connectivity index (χ0n) is 17.9. The number of ether oxygens (including phenoxy) is 1. The molecule has 1 unspecified atom stereocenters. The number of carbonyl (C=O) groups excluding carboxylic acids is 2. The number of aryl methyl sites for hydroxylation is 1. The molecule has 166 valence electrons. The topological polar surface area (TPSA) is 79.7 Å². The number of fused-ring (bicyclic) bond motifs is 1. The first-order valence-electron chi connectivity index (χ1n) is 10.4. The van der Waals surface area contributed by atoms with Crippen molar-refractivity contribution in [3.05, 3.63) is 81.6 Å². The van der Waals surface area contributed by atoms with Crippen LogP contribution >= 0.6 is 22.7 Å². The summed E-state index contributed by atoms with van der Waals surface area (Å²) in [4.78, 5) is 33.3. The molecule has 2 aromatic heterocycles. The number of amides is 1. The monoisotopic (exact) mass is 476 g/mol. The summed E-state index contributed by atoms with van der Waals surface area (Å²) in [6.07, 6.45) is 0. The van der Waals surface area contributed by atoms with Gasteiger partial charge < -0.3 is 9.84 Å². The number of thiophene rings is 1. The van der Waals surface area contributed by atoms with E-state index in [1.165, 1.54) is 27.6 Å². The second-order valence-corrected chi connectivity index (χ2v) is 9.60. The molecule has 3 heterocycles. The Morgan fingerprint density at radius 3 is 2.76 bits per heavy atom. The van der Waals surface area contributed by atoms with Gasteiger partial charge in [-0.05, 0) is 55.1 Å². The number of hydrogen-bond donors (Lipinski definition) is 1. The van der Waals surface area contributed by atoms with E-state index in [1.54, 1.807) is 24.3 Å². The molecule has 33 heavy (non-hydrogen) atoms. The van der Waals surface area contributed by atoms with Crippen molar-refractivity contribution in [1.82, 2.24) is 4.98 Å². The number of hydrogen-bond acceptors (Lipinski definition) is 7. The first-order chi connectivity index (χ1) is 16.0. The molecule has 0 spiro atoms. The molecular weight excluding hydrogens is 456 g/mol. The van der Waals surface area contributed by atoms with Gasteiger partial charge in [-0.2, -0.15) is 0 Å². The van der Waals surface area contributed by atoms with Crippen LogP contribution in [0.4, 0.5) is 5.13 Å². The Kier molecular flexibility index (Phi) is 5.47. The van der Waals surface area contributed by atoms with Gasteiger partial charge in [-0.1, -0.05) is 35.6 Å². The lowest BCUT2D eigenvalue weighted by atomic mass is 10.00. The smallest absolute Gasteiger partial charge is 0.301 e. The second kappa shape index (κ2) is 8.46. The highest BCUT2D eigenvalue weighted by Crippen LogP contribution is 2.45. The molecule has 2 aromatic carbocycles. The Hall–Kier alpha value is -3.49. The van der Waals surface area contributed by atoms with E-state index in [-0.39, 0.29) is 11.3 Å². The average molecular weight is 477 g/mol. The lowest BCUT2D eigenvalue weighted by molar-refractivity contribution is -0.132. The minimum Gasteiger partial charge on any atom is -0.507 e. The summed E-state index contributed by atoms with van der Waals surface area (Å²) >= 11 is 2.78. The highest BCUT2D eigenvalue weighted by atomic mass is 32.1. The van der Waals surface area contributed by atoms with Gasteiger partial charge in [-0.25, -0.2) is 4.98 Å². The van der Waals surface area contributed by atoms with Gasteiger partial charge in [0.1, 0.15) is 17.6 Å². The molecule has 1 N–H and O–H groups in total. The van der Waals surface area contributed by atoms with E-state index < -0.39 is 17.7 Å². The van der Waals surface area contributed by atoms with E-state index in [4.69, 9.17) is 4.74 Å². The van der Waals surface area contributed by atoms with Crippen molar-refractivity contribution in [2.24, 2.45) is 0 Å². The molecule has 1 aliphatic rings. The number of thiazole rings is 1. The number of aliphatic hydroxyl groups excluding tert-OH is 1. The van der Waals surface area contributed by atoms with Crippen LogP contribution in [-0.2, 0) is 9.59 Å². The van der Waals surface area contributed by atoms with Crippen molar-refractivity contribution in [3.63, 3.8) is 0 Å². The summed E-state index contributed by atoms with van der Waals surface area (Å²) in [7, 11) is 0. The molecule has 0 aliphatic carbocycles. The fraction of sp³-hybridized carbons (Fsp3) is 0.160. The van der Waals surface area contributed by atoms with Gasteiger partial charge in [-0.15, -0.1) is 11.3 Å². The first-order valence-corrected chi connectivity index (χ1v) is 12.1. The number of ketones is 1. The third kappa shape index (κ3) is 3.71. The minimum absolute atomic E-state index is 0.0477. The van der Waals surface area contributed by atoms with E-state index in [2.05, 4.69) is 4.98 Å². The Bertz CT molecular complexity index is 1410. The van der Waals surface area contributed by atoms with Gasteiger partial charge in [0.15, 0.2) is 5.13 Å². The number of benzene rings is 2. The predicted octanol–water partition coefficient (Wildman–Crippen LogP) is 5.69. The van der Waals surface area contributed by atoms with Crippen LogP contribution in [-0.4, -0.2) is 28.4 Å². The Morgan fingerprint density at radius 2 is 2.00 bits per heavy atom. The van der Waals surface area contributed by atoms with E-state index >= 15 is 0 Å². The average Bonchev–Trinajstić information content (AvgIpc) is 3.52. The molecule has 0 bridgehead atoms. The fourth-order valence-corrected chi connectivity index (χ4v) is 5.84. The lowest BCUT2D eigenvalue weighted by Crippen LogP contribution is -2.28. The maximum absolute atomic E-state index is 13.2. The summed E-state index contributed by atoms with van der Waals surface area (Å²) in [5.74, 6) is -1.09. The van der Waals surface area contributed by atoms with Crippen molar-refractivity contribution in [1.29, 1.82) is 0 Å². The molecule has 1 amide bonds. The Balaban J connectivity index is 1.68. The SMILES string of the molecule is CCOc1cccc(/C(O)=C2\C(=O)C(=O)N(c3nc4ccc(C)cc4s3)C2c2cccs2)c1.